The summed E-state index contributed by atoms with van der Waals surface area (Å²) in [5.41, 5.74) is 1.33. The van der Waals surface area contributed by atoms with E-state index < -0.39 is 0 Å². The molecule has 1 aliphatic rings. The molecule has 1 fully saturated rings. The van der Waals surface area contributed by atoms with Gasteiger partial charge in [0.2, 0.25) is 0 Å². The average molecular weight is 383 g/mol. The molecule has 138 valence electrons. The Kier molecular flexibility index (Phi) is 7.04. The van der Waals surface area contributed by atoms with Gasteiger partial charge in [-0.05, 0) is 24.5 Å². The molecule has 0 spiro atoms. The van der Waals surface area contributed by atoms with E-state index in [1.165, 1.54) is 10.4 Å². The lowest BCUT2D eigenvalue weighted by Gasteiger charge is -2.35. The number of amides is 1. The molecule has 1 N–H and O–H groups in total. The van der Waals surface area contributed by atoms with Gasteiger partial charge in [-0.25, -0.2) is 4.98 Å². The summed E-state index contributed by atoms with van der Waals surface area (Å²) >= 11 is 1.68. The Morgan fingerprint density at radius 1 is 1.44 bits per heavy atom. The predicted molar refractivity (Wildman–Crippen MR) is 105 cm³/mol. The van der Waals surface area contributed by atoms with E-state index in [2.05, 4.69) is 30.2 Å². The predicted octanol–water partition coefficient (Wildman–Crippen LogP) is 3.21. The number of rotatable bonds is 5. The maximum atomic E-state index is 13.2. The first-order valence-corrected chi connectivity index (χ1v) is 9.57. The average Bonchev–Trinajstić information content (AvgIpc) is 3.20. The number of hydrogen-bond acceptors (Lipinski definition) is 4. The van der Waals surface area contributed by atoms with Crippen LogP contribution in [0, 0.1) is 0 Å². The van der Waals surface area contributed by atoms with Crippen LogP contribution in [-0.2, 0) is 19.9 Å². The van der Waals surface area contributed by atoms with Gasteiger partial charge in [0.15, 0.2) is 0 Å². The first-order chi connectivity index (χ1) is 11.7. The van der Waals surface area contributed by atoms with Crippen molar-refractivity contribution in [3.63, 3.8) is 0 Å². The summed E-state index contributed by atoms with van der Waals surface area (Å²) in [4.78, 5) is 21.9. The Morgan fingerprint density at radius 2 is 2.24 bits per heavy atom. The maximum absolute atomic E-state index is 13.2. The van der Waals surface area contributed by atoms with Crippen LogP contribution in [0.1, 0.15) is 52.2 Å². The summed E-state index contributed by atoms with van der Waals surface area (Å²) in [6.07, 6.45) is 6.90. The lowest BCUT2D eigenvalue weighted by atomic mass is 10.1. The van der Waals surface area contributed by atoms with Gasteiger partial charge in [0.05, 0.1) is 4.88 Å². The topological polar surface area (TPSA) is 50.2 Å². The molecular formula is C18H27ClN4OS. The number of piperazine rings is 1. The van der Waals surface area contributed by atoms with E-state index in [0.29, 0.717) is 0 Å². The molecule has 0 aromatic carbocycles. The fraction of sp³-hybridized carbons (Fsp3) is 0.556. The van der Waals surface area contributed by atoms with E-state index in [0.717, 1.165) is 49.6 Å². The van der Waals surface area contributed by atoms with E-state index >= 15 is 0 Å². The molecule has 1 atom stereocenters. The van der Waals surface area contributed by atoms with Gasteiger partial charge >= 0.3 is 0 Å². The summed E-state index contributed by atoms with van der Waals surface area (Å²) in [7, 11) is 1.99. The van der Waals surface area contributed by atoms with E-state index in [-0.39, 0.29) is 24.4 Å². The third kappa shape index (κ3) is 4.07. The number of halogens is 1. The second-order valence-corrected chi connectivity index (χ2v) is 7.41. The number of aryl methyl sites for hydroxylation is 3. The number of carbonyl (C=O) groups is 1. The van der Waals surface area contributed by atoms with Crippen LogP contribution in [0.25, 0.3) is 0 Å². The quantitative estimate of drug-likeness (QED) is 0.863. The molecule has 0 aliphatic carbocycles. The van der Waals surface area contributed by atoms with Gasteiger partial charge in [-0.1, -0.05) is 20.3 Å². The molecular weight excluding hydrogens is 356 g/mol. The second kappa shape index (κ2) is 8.83. The smallest absolute Gasteiger partial charge is 0.264 e. The molecule has 25 heavy (non-hydrogen) atoms. The maximum Gasteiger partial charge on any atom is 0.264 e. The first kappa shape index (κ1) is 19.9. The first-order valence-electron chi connectivity index (χ1n) is 8.76. The molecule has 0 saturated carbocycles. The van der Waals surface area contributed by atoms with Gasteiger partial charge in [0, 0.05) is 44.0 Å². The van der Waals surface area contributed by atoms with Crippen molar-refractivity contribution in [2.75, 3.05) is 19.6 Å². The number of hydrogen-bond donors (Lipinski definition) is 1. The number of aromatic nitrogens is 2. The van der Waals surface area contributed by atoms with Gasteiger partial charge in [-0.2, -0.15) is 0 Å². The van der Waals surface area contributed by atoms with Crippen molar-refractivity contribution < 1.29 is 4.79 Å². The SMILES string of the molecule is CCCc1sc(C(=O)N2CCNCC2c2nccn2C)cc1CC.Cl. The number of thiophene rings is 1. The van der Waals surface area contributed by atoms with E-state index in [1.807, 2.05) is 22.7 Å². The van der Waals surface area contributed by atoms with E-state index in [1.54, 1.807) is 17.5 Å². The third-order valence-corrected chi connectivity index (χ3v) is 5.85. The molecule has 2 aromatic heterocycles. The summed E-state index contributed by atoms with van der Waals surface area (Å²) in [5, 5.41) is 3.39. The zero-order chi connectivity index (χ0) is 17.1. The molecule has 5 nitrogen and oxygen atoms in total. The highest BCUT2D eigenvalue weighted by Crippen LogP contribution is 2.29. The van der Waals surface area contributed by atoms with Crippen LogP contribution < -0.4 is 5.32 Å². The van der Waals surface area contributed by atoms with Crippen molar-refractivity contribution in [2.45, 2.75) is 39.2 Å². The molecule has 7 heteroatoms. The summed E-state index contributed by atoms with van der Waals surface area (Å²) in [6.45, 7) is 6.66. The largest absolute Gasteiger partial charge is 0.336 e. The standard InChI is InChI=1S/C18H26N4OS.ClH/c1-4-6-15-13(5-2)11-16(24-15)18(23)22-10-7-19-12-14(22)17-20-8-9-21(17)3;/h8-9,11,14,19H,4-7,10,12H2,1-3H3;1H. The molecule has 0 radical (unpaired) electrons. The highest BCUT2D eigenvalue weighted by atomic mass is 35.5. The zero-order valence-electron chi connectivity index (χ0n) is 15.1. The number of nitrogens with zero attached hydrogens (tertiary/aromatic N) is 3. The molecule has 0 bridgehead atoms. The van der Waals surface area contributed by atoms with Crippen LogP contribution in [0.15, 0.2) is 18.5 Å². The van der Waals surface area contributed by atoms with Crippen molar-refractivity contribution in [3.05, 3.63) is 39.6 Å². The van der Waals surface area contributed by atoms with Crippen LogP contribution in [0.5, 0.6) is 0 Å². The summed E-state index contributed by atoms with van der Waals surface area (Å²) in [6, 6.07) is 2.10. The molecule has 2 aromatic rings. The molecule has 3 heterocycles. The van der Waals surface area contributed by atoms with Crippen LogP contribution in [0.4, 0.5) is 0 Å². The van der Waals surface area contributed by atoms with Crippen molar-refractivity contribution in [3.8, 4) is 0 Å². The van der Waals surface area contributed by atoms with E-state index in [9.17, 15) is 4.79 Å². The van der Waals surface area contributed by atoms with Crippen molar-refractivity contribution >= 4 is 29.7 Å². The lowest BCUT2D eigenvalue weighted by molar-refractivity contribution is 0.0626. The molecule has 3 rings (SSSR count). The number of imidazole rings is 1. The van der Waals surface area contributed by atoms with Crippen LogP contribution >= 0.6 is 23.7 Å². The Morgan fingerprint density at radius 3 is 2.88 bits per heavy atom. The normalized spacial score (nSPS) is 17.4. The van der Waals surface area contributed by atoms with E-state index in [4.69, 9.17) is 0 Å². The highest BCUT2D eigenvalue weighted by Gasteiger charge is 2.32. The van der Waals surface area contributed by atoms with Crippen LogP contribution in [0.2, 0.25) is 0 Å². The monoisotopic (exact) mass is 382 g/mol. The Labute approximate surface area is 159 Å². The van der Waals surface area contributed by atoms with Gasteiger partial charge in [0.25, 0.3) is 5.91 Å². The van der Waals surface area contributed by atoms with Crippen molar-refractivity contribution in [1.82, 2.24) is 19.8 Å². The van der Waals surface area contributed by atoms with Gasteiger partial charge < -0.3 is 14.8 Å². The van der Waals surface area contributed by atoms with Gasteiger partial charge in [0.1, 0.15) is 11.9 Å². The fourth-order valence-corrected chi connectivity index (χ4v) is 4.64. The molecule has 1 saturated heterocycles. The third-order valence-electron chi connectivity index (χ3n) is 4.63. The summed E-state index contributed by atoms with van der Waals surface area (Å²) in [5.74, 6) is 1.09. The summed E-state index contributed by atoms with van der Waals surface area (Å²) < 4.78 is 2.01. The lowest BCUT2D eigenvalue weighted by Crippen LogP contribution is -2.49. The minimum atomic E-state index is -0.00643. The van der Waals surface area contributed by atoms with Crippen LogP contribution in [-0.4, -0.2) is 40.0 Å². The van der Waals surface area contributed by atoms with Crippen LogP contribution in [0.3, 0.4) is 0 Å². The minimum absolute atomic E-state index is 0. The van der Waals surface area contributed by atoms with Gasteiger partial charge in [-0.3, -0.25) is 4.79 Å². The Bertz CT molecular complexity index is 712. The second-order valence-electron chi connectivity index (χ2n) is 6.28. The zero-order valence-corrected chi connectivity index (χ0v) is 16.8. The molecule has 1 aliphatic heterocycles. The highest BCUT2D eigenvalue weighted by molar-refractivity contribution is 7.14. The fourth-order valence-electron chi connectivity index (χ4n) is 3.33. The number of carbonyl (C=O) groups excluding carboxylic acids is 1. The van der Waals surface area contributed by atoms with Gasteiger partial charge in [-0.15, -0.1) is 23.7 Å². The van der Waals surface area contributed by atoms with Crippen molar-refractivity contribution in [2.24, 2.45) is 7.05 Å². The Balaban J connectivity index is 0.00000225. The number of nitrogens with one attached hydrogen (secondary N) is 1. The van der Waals surface area contributed by atoms with Crippen molar-refractivity contribution in [1.29, 1.82) is 0 Å². The Hall–Kier alpha value is -1.37. The minimum Gasteiger partial charge on any atom is -0.336 e. The molecule has 1 amide bonds. The molecule has 1 unspecified atom stereocenters.